The van der Waals surface area contributed by atoms with Crippen LogP contribution >= 0.6 is 11.6 Å². The van der Waals surface area contributed by atoms with Crippen molar-refractivity contribution in [1.82, 2.24) is 0 Å². The topological polar surface area (TPSA) is 80.6 Å². The summed E-state index contributed by atoms with van der Waals surface area (Å²) in [5.74, 6) is 0.960. The number of halogens is 1. The first-order valence-electron chi connectivity index (χ1n) is 10.7. The molecule has 3 aromatic rings. The van der Waals surface area contributed by atoms with Crippen molar-refractivity contribution in [2.45, 2.75) is 20.5 Å². The van der Waals surface area contributed by atoms with E-state index in [9.17, 15) is 10.1 Å². The highest BCUT2D eigenvalue weighted by molar-refractivity contribution is 6.32. The van der Waals surface area contributed by atoms with Crippen LogP contribution in [0.2, 0.25) is 5.02 Å². The van der Waals surface area contributed by atoms with Gasteiger partial charge in [-0.3, -0.25) is 4.79 Å². The second-order valence-electron chi connectivity index (χ2n) is 7.39. The quantitative estimate of drug-likeness (QED) is 0.294. The number of hydrogen-bond acceptors (Lipinski definition) is 5. The minimum atomic E-state index is -0.542. The second-order valence-corrected chi connectivity index (χ2v) is 7.80. The van der Waals surface area contributed by atoms with E-state index in [1.165, 1.54) is 18.7 Å². The molecule has 34 heavy (non-hydrogen) atoms. The zero-order valence-electron chi connectivity index (χ0n) is 19.2. The fourth-order valence-corrected chi connectivity index (χ4v) is 3.38. The zero-order valence-corrected chi connectivity index (χ0v) is 20.0. The fourth-order valence-electron chi connectivity index (χ4n) is 3.11. The lowest BCUT2D eigenvalue weighted by molar-refractivity contribution is -0.112. The van der Waals surface area contributed by atoms with Crippen molar-refractivity contribution in [2.75, 3.05) is 19.0 Å². The summed E-state index contributed by atoms with van der Waals surface area (Å²) in [6, 6.07) is 20.3. The number of ether oxygens (including phenoxy) is 3. The van der Waals surface area contributed by atoms with Crippen molar-refractivity contribution in [1.29, 1.82) is 5.26 Å². The van der Waals surface area contributed by atoms with Crippen molar-refractivity contribution in [2.24, 2.45) is 0 Å². The van der Waals surface area contributed by atoms with Crippen LogP contribution in [0.5, 0.6) is 17.2 Å². The van der Waals surface area contributed by atoms with E-state index in [1.54, 1.807) is 36.4 Å². The molecule has 0 aliphatic rings. The fraction of sp³-hybridized carbons (Fsp3) is 0.185. The minimum Gasteiger partial charge on any atom is -0.493 e. The first kappa shape index (κ1) is 24.7. The highest BCUT2D eigenvalue weighted by Crippen LogP contribution is 2.37. The molecule has 0 radical (unpaired) electrons. The SMILES string of the molecule is CCOc1c(Cl)cc(/C=C(\C#N)C(=O)Nc2ccc(OCc3ccc(C)cc3)cc2)cc1OC. The molecule has 0 spiro atoms. The molecule has 0 unspecified atom stereocenters. The number of hydrogen-bond donors (Lipinski definition) is 1. The first-order chi connectivity index (χ1) is 16.4. The number of nitrogens with one attached hydrogen (secondary N) is 1. The van der Waals surface area contributed by atoms with Gasteiger partial charge in [-0.15, -0.1) is 0 Å². The van der Waals surface area contributed by atoms with E-state index in [2.05, 4.69) is 5.32 Å². The summed E-state index contributed by atoms with van der Waals surface area (Å²) in [6.45, 7) is 4.74. The molecule has 0 atom stereocenters. The van der Waals surface area contributed by atoms with Crippen LogP contribution in [0.1, 0.15) is 23.6 Å². The van der Waals surface area contributed by atoms with E-state index in [0.29, 0.717) is 46.7 Å². The monoisotopic (exact) mass is 476 g/mol. The lowest BCUT2D eigenvalue weighted by atomic mass is 10.1. The van der Waals surface area contributed by atoms with Crippen molar-refractivity contribution in [3.05, 3.63) is 87.9 Å². The van der Waals surface area contributed by atoms with Gasteiger partial charge in [0.15, 0.2) is 11.5 Å². The molecule has 1 N–H and O–H groups in total. The van der Waals surface area contributed by atoms with Gasteiger partial charge in [0.1, 0.15) is 24.0 Å². The highest BCUT2D eigenvalue weighted by atomic mass is 35.5. The molecule has 174 valence electrons. The van der Waals surface area contributed by atoms with Crippen molar-refractivity contribution in [3.63, 3.8) is 0 Å². The second kappa shape index (κ2) is 11.8. The predicted molar refractivity (Wildman–Crippen MR) is 133 cm³/mol. The predicted octanol–water partition coefficient (Wildman–Crippen LogP) is 6.18. The Hall–Kier alpha value is -3.95. The number of aryl methyl sites for hydroxylation is 1. The Bertz CT molecular complexity index is 1210. The normalized spacial score (nSPS) is 10.9. The third-order valence-electron chi connectivity index (χ3n) is 4.85. The lowest BCUT2D eigenvalue weighted by Gasteiger charge is -2.12. The average Bonchev–Trinajstić information content (AvgIpc) is 2.84. The van der Waals surface area contributed by atoms with E-state index >= 15 is 0 Å². The van der Waals surface area contributed by atoms with Gasteiger partial charge in [-0.05, 0) is 67.4 Å². The van der Waals surface area contributed by atoms with Gasteiger partial charge in [0.05, 0.1) is 18.7 Å². The Morgan fingerprint density at radius 2 is 1.79 bits per heavy atom. The number of nitrogens with zero attached hydrogens (tertiary/aromatic N) is 1. The summed E-state index contributed by atoms with van der Waals surface area (Å²) in [5.41, 5.74) is 3.26. The third-order valence-corrected chi connectivity index (χ3v) is 5.14. The molecule has 0 aliphatic heterocycles. The number of amides is 1. The maximum absolute atomic E-state index is 12.7. The smallest absolute Gasteiger partial charge is 0.266 e. The van der Waals surface area contributed by atoms with Crippen LogP contribution in [0.15, 0.2) is 66.2 Å². The van der Waals surface area contributed by atoms with E-state index in [1.807, 2.05) is 44.2 Å². The molecule has 7 heteroatoms. The minimum absolute atomic E-state index is 0.0815. The van der Waals surface area contributed by atoms with Crippen LogP contribution in [0.4, 0.5) is 5.69 Å². The highest BCUT2D eigenvalue weighted by Gasteiger charge is 2.14. The molecule has 1 amide bonds. The third kappa shape index (κ3) is 6.53. The summed E-state index contributed by atoms with van der Waals surface area (Å²) in [7, 11) is 1.49. The summed E-state index contributed by atoms with van der Waals surface area (Å²) < 4.78 is 16.6. The Balaban J connectivity index is 1.67. The van der Waals surface area contributed by atoms with Gasteiger partial charge >= 0.3 is 0 Å². The van der Waals surface area contributed by atoms with Gasteiger partial charge in [-0.25, -0.2) is 0 Å². The number of benzene rings is 3. The molecule has 0 bridgehead atoms. The molecule has 0 saturated carbocycles. The molecule has 6 nitrogen and oxygen atoms in total. The molecular weight excluding hydrogens is 452 g/mol. The largest absolute Gasteiger partial charge is 0.493 e. The number of nitriles is 1. The van der Waals surface area contributed by atoms with Crippen molar-refractivity contribution in [3.8, 4) is 23.3 Å². The zero-order chi connectivity index (χ0) is 24.5. The van der Waals surface area contributed by atoms with Gasteiger partial charge in [-0.1, -0.05) is 41.4 Å². The van der Waals surface area contributed by atoms with Crippen LogP contribution in [0.25, 0.3) is 6.08 Å². The summed E-state index contributed by atoms with van der Waals surface area (Å²) in [5, 5.41) is 12.6. The van der Waals surface area contributed by atoms with E-state index < -0.39 is 5.91 Å². The number of carbonyl (C=O) groups excluding carboxylic acids is 1. The van der Waals surface area contributed by atoms with E-state index in [0.717, 1.165) is 5.56 Å². The number of methoxy groups -OCH3 is 1. The summed E-state index contributed by atoms with van der Waals surface area (Å²) in [6.07, 6.45) is 1.44. The van der Waals surface area contributed by atoms with Crippen LogP contribution < -0.4 is 19.5 Å². The van der Waals surface area contributed by atoms with Gasteiger partial charge in [0.2, 0.25) is 0 Å². The molecule has 0 fully saturated rings. The van der Waals surface area contributed by atoms with Crippen molar-refractivity contribution < 1.29 is 19.0 Å². The number of carbonyl (C=O) groups is 1. The number of rotatable bonds is 9. The molecule has 3 aromatic carbocycles. The molecular formula is C27H25ClN2O4. The molecule has 0 saturated heterocycles. The van der Waals surface area contributed by atoms with Gasteiger partial charge in [0, 0.05) is 5.69 Å². The molecule has 0 aromatic heterocycles. The maximum atomic E-state index is 12.7. The van der Waals surface area contributed by atoms with Gasteiger partial charge < -0.3 is 19.5 Å². The van der Waals surface area contributed by atoms with E-state index in [-0.39, 0.29) is 5.57 Å². The Morgan fingerprint density at radius 1 is 1.09 bits per heavy atom. The van der Waals surface area contributed by atoms with Crippen molar-refractivity contribution >= 4 is 29.3 Å². The molecule has 0 aliphatic carbocycles. The average molecular weight is 477 g/mol. The van der Waals surface area contributed by atoms with Crippen LogP contribution in [0.3, 0.4) is 0 Å². The summed E-state index contributed by atoms with van der Waals surface area (Å²) in [4.78, 5) is 12.7. The Labute approximate surface area is 204 Å². The van der Waals surface area contributed by atoms with E-state index in [4.69, 9.17) is 25.8 Å². The number of anilines is 1. The molecule has 3 rings (SSSR count). The first-order valence-corrected chi connectivity index (χ1v) is 11.0. The van der Waals surface area contributed by atoms with Crippen LogP contribution in [-0.2, 0) is 11.4 Å². The van der Waals surface area contributed by atoms with Gasteiger partial charge in [-0.2, -0.15) is 5.26 Å². The molecule has 0 heterocycles. The Kier molecular flexibility index (Phi) is 8.55. The maximum Gasteiger partial charge on any atom is 0.266 e. The lowest BCUT2D eigenvalue weighted by Crippen LogP contribution is -2.13. The van der Waals surface area contributed by atoms with Crippen LogP contribution in [0, 0.1) is 18.3 Å². The van der Waals surface area contributed by atoms with Crippen LogP contribution in [-0.4, -0.2) is 19.6 Å². The summed E-state index contributed by atoms with van der Waals surface area (Å²) >= 11 is 6.28. The standard InChI is InChI=1S/C27H25ClN2O4/c1-4-33-26-24(28)14-20(15-25(26)32-3)13-21(16-29)27(31)30-22-9-11-23(12-10-22)34-17-19-7-5-18(2)6-8-19/h5-15H,4,17H2,1-3H3,(H,30,31)/b21-13+. The van der Waals surface area contributed by atoms with Gasteiger partial charge in [0.25, 0.3) is 5.91 Å². The Morgan fingerprint density at radius 3 is 2.41 bits per heavy atom.